The Balaban J connectivity index is 1.71. The Labute approximate surface area is 129 Å². The van der Waals surface area contributed by atoms with E-state index in [0.717, 1.165) is 25.7 Å². The quantitative estimate of drug-likeness (QED) is 0.775. The molecule has 3 nitrogen and oxygen atoms in total. The van der Waals surface area contributed by atoms with E-state index in [4.69, 9.17) is 0 Å². The summed E-state index contributed by atoms with van der Waals surface area (Å²) in [6.45, 7) is 4.96. The van der Waals surface area contributed by atoms with Crippen molar-refractivity contribution in [1.82, 2.24) is 5.32 Å². The standard InChI is InChI=1S/C18H33NO2/c1-17(2)9-11-18(21,12-10-17)14-19-16(20)13-15-7-5-3-4-6-8-15/h15,21H,3-14H2,1-2H3,(H,19,20). The first kappa shape index (κ1) is 16.8. The number of rotatable bonds is 4. The molecule has 21 heavy (non-hydrogen) atoms. The van der Waals surface area contributed by atoms with Gasteiger partial charge in [0.2, 0.25) is 5.91 Å². The number of aliphatic hydroxyl groups is 1. The van der Waals surface area contributed by atoms with Crippen molar-refractivity contribution >= 4 is 5.91 Å². The SMILES string of the molecule is CC1(C)CCC(O)(CNC(=O)CC2CCCCCC2)CC1. The van der Waals surface area contributed by atoms with Crippen molar-refractivity contribution in [3.05, 3.63) is 0 Å². The third-order valence-electron chi connectivity index (χ3n) is 5.60. The normalized spacial score (nSPS) is 26.0. The average Bonchev–Trinajstić information content (AvgIpc) is 2.69. The van der Waals surface area contributed by atoms with Crippen LogP contribution in [0.15, 0.2) is 0 Å². The molecule has 1 amide bonds. The van der Waals surface area contributed by atoms with Gasteiger partial charge in [0.15, 0.2) is 0 Å². The number of hydrogen-bond donors (Lipinski definition) is 2. The van der Waals surface area contributed by atoms with Gasteiger partial charge in [-0.25, -0.2) is 0 Å². The predicted molar refractivity (Wildman–Crippen MR) is 86.0 cm³/mol. The fourth-order valence-corrected chi connectivity index (χ4v) is 3.73. The molecule has 2 N–H and O–H groups in total. The van der Waals surface area contributed by atoms with Gasteiger partial charge in [-0.1, -0.05) is 39.5 Å². The van der Waals surface area contributed by atoms with Gasteiger partial charge < -0.3 is 10.4 Å². The summed E-state index contributed by atoms with van der Waals surface area (Å²) in [5, 5.41) is 13.6. The molecule has 122 valence electrons. The summed E-state index contributed by atoms with van der Waals surface area (Å²) in [4.78, 5) is 12.1. The molecule has 2 saturated carbocycles. The fraction of sp³-hybridized carbons (Fsp3) is 0.944. The van der Waals surface area contributed by atoms with Gasteiger partial charge in [0.25, 0.3) is 0 Å². The van der Waals surface area contributed by atoms with E-state index in [2.05, 4.69) is 19.2 Å². The van der Waals surface area contributed by atoms with Crippen molar-refractivity contribution in [3.63, 3.8) is 0 Å². The number of amides is 1. The Hall–Kier alpha value is -0.570. The van der Waals surface area contributed by atoms with Gasteiger partial charge in [-0.15, -0.1) is 0 Å². The fourth-order valence-electron chi connectivity index (χ4n) is 3.73. The molecule has 0 spiro atoms. The molecule has 2 aliphatic carbocycles. The van der Waals surface area contributed by atoms with Gasteiger partial charge in [-0.2, -0.15) is 0 Å². The average molecular weight is 295 g/mol. The molecule has 2 rings (SSSR count). The Kier molecular flexibility index (Phi) is 5.70. The lowest BCUT2D eigenvalue weighted by Gasteiger charge is -2.40. The third-order valence-corrected chi connectivity index (χ3v) is 5.60. The maximum absolute atomic E-state index is 12.1. The number of carbonyl (C=O) groups is 1. The highest BCUT2D eigenvalue weighted by molar-refractivity contribution is 5.76. The third kappa shape index (κ3) is 5.61. The highest BCUT2D eigenvalue weighted by Crippen LogP contribution is 2.39. The first-order valence-corrected chi connectivity index (χ1v) is 8.88. The molecule has 2 fully saturated rings. The summed E-state index contributed by atoms with van der Waals surface area (Å²) in [6.07, 6.45) is 12.0. The van der Waals surface area contributed by atoms with Crippen molar-refractivity contribution in [2.75, 3.05) is 6.54 Å². The van der Waals surface area contributed by atoms with E-state index in [0.29, 0.717) is 24.3 Å². The second-order valence-electron chi connectivity index (χ2n) is 8.23. The summed E-state index contributed by atoms with van der Waals surface area (Å²) in [6, 6.07) is 0. The van der Waals surface area contributed by atoms with E-state index in [9.17, 15) is 9.90 Å². The summed E-state index contributed by atoms with van der Waals surface area (Å²) in [5.41, 5.74) is -0.328. The topological polar surface area (TPSA) is 49.3 Å². The second-order valence-corrected chi connectivity index (χ2v) is 8.23. The van der Waals surface area contributed by atoms with Crippen LogP contribution in [0.2, 0.25) is 0 Å². The number of nitrogens with one attached hydrogen (secondary N) is 1. The zero-order valence-corrected chi connectivity index (χ0v) is 13.9. The van der Waals surface area contributed by atoms with Crippen LogP contribution in [0.1, 0.15) is 84.5 Å². The van der Waals surface area contributed by atoms with Crippen molar-refractivity contribution < 1.29 is 9.90 Å². The molecule has 0 aromatic carbocycles. The summed E-state index contributed by atoms with van der Waals surface area (Å²) in [5.74, 6) is 0.701. The molecule has 2 aliphatic rings. The highest BCUT2D eigenvalue weighted by Gasteiger charge is 2.36. The van der Waals surface area contributed by atoms with Crippen LogP contribution in [-0.4, -0.2) is 23.2 Å². The minimum atomic E-state index is -0.672. The van der Waals surface area contributed by atoms with Crippen LogP contribution >= 0.6 is 0 Å². The van der Waals surface area contributed by atoms with E-state index >= 15 is 0 Å². The van der Waals surface area contributed by atoms with E-state index in [1.807, 2.05) is 0 Å². The molecule has 0 aromatic rings. The van der Waals surface area contributed by atoms with Crippen LogP contribution in [0.3, 0.4) is 0 Å². The van der Waals surface area contributed by atoms with E-state index in [-0.39, 0.29) is 5.91 Å². The highest BCUT2D eigenvalue weighted by atomic mass is 16.3. The number of carbonyl (C=O) groups excluding carboxylic acids is 1. The smallest absolute Gasteiger partial charge is 0.220 e. The van der Waals surface area contributed by atoms with Crippen molar-refractivity contribution in [2.45, 2.75) is 90.1 Å². The van der Waals surface area contributed by atoms with Crippen molar-refractivity contribution in [3.8, 4) is 0 Å². The van der Waals surface area contributed by atoms with Crippen LogP contribution in [0, 0.1) is 11.3 Å². The minimum absolute atomic E-state index is 0.139. The molecule has 0 saturated heterocycles. The summed E-state index contributed by atoms with van der Waals surface area (Å²) < 4.78 is 0. The van der Waals surface area contributed by atoms with Crippen LogP contribution < -0.4 is 5.32 Å². The van der Waals surface area contributed by atoms with Crippen molar-refractivity contribution in [2.24, 2.45) is 11.3 Å². The molecule has 0 radical (unpaired) electrons. The molecule has 0 bridgehead atoms. The summed E-state index contributed by atoms with van der Waals surface area (Å²) >= 11 is 0. The maximum Gasteiger partial charge on any atom is 0.220 e. The van der Waals surface area contributed by atoms with Gasteiger partial charge in [0.05, 0.1) is 5.60 Å². The van der Waals surface area contributed by atoms with Gasteiger partial charge in [0.1, 0.15) is 0 Å². The Bertz CT molecular complexity index is 333. The van der Waals surface area contributed by atoms with Crippen molar-refractivity contribution in [1.29, 1.82) is 0 Å². The predicted octanol–water partition coefficient (Wildman–Crippen LogP) is 3.79. The molecular formula is C18H33NO2. The zero-order chi connectivity index (χ0) is 15.3. The lowest BCUT2D eigenvalue weighted by atomic mass is 9.71. The van der Waals surface area contributed by atoms with E-state index in [1.165, 1.54) is 38.5 Å². The Morgan fingerprint density at radius 2 is 1.62 bits per heavy atom. The minimum Gasteiger partial charge on any atom is -0.388 e. The van der Waals surface area contributed by atoms with E-state index in [1.54, 1.807) is 0 Å². The zero-order valence-electron chi connectivity index (χ0n) is 13.9. The maximum atomic E-state index is 12.1. The monoisotopic (exact) mass is 295 g/mol. The molecule has 3 heteroatoms. The molecule has 0 atom stereocenters. The first-order valence-electron chi connectivity index (χ1n) is 8.88. The van der Waals surface area contributed by atoms with Gasteiger partial charge in [-0.05, 0) is 49.9 Å². The van der Waals surface area contributed by atoms with Gasteiger partial charge in [-0.3, -0.25) is 4.79 Å². The molecule has 0 unspecified atom stereocenters. The Morgan fingerprint density at radius 3 is 2.19 bits per heavy atom. The molecule has 0 heterocycles. The molecule has 0 aromatic heterocycles. The van der Waals surface area contributed by atoms with E-state index < -0.39 is 5.60 Å². The first-order chi connectivity index (χ1) is 9.89. The number of hydrogen-bond acceptors (Lipinski definition) is 2. The molecular weight excluding hydrogens is 262 g/mol. The van der Waals surface area contributed by atoms with Crippen LogP contribution in [0.25, 0.3) is 0 Å². The lowest BCUT2D eigenvalue weighted by molar-refractivity contribution is -0.124. The van der Waals surface area contributed by atoms with Gasteiger partial charge in [0, 0.05) is 13.0 Å². The van der Waals surface area contributed by atoms with Crippen LogP contribution in [0.5, 0.6) is 0 Å². The second kappa shape index (κ2) is 7.13. The largest absolute Gasteiger partial charge is 0.388 e. The Morgan fingerprint density at radius 1 is 1.05 bits per heavy atom. The van der Waals surface area contributed by atoms with Crippen LogP contribution in [0.4, 0.5) is 0 Å². The molecule has 0 aliphatic heterocycles. The van der Waals surface area contributed by atoms with Crippen LogP contribution in [-0.2, 0) is 4.79 Å². The lowest BCUT2D eigenvalue weighted by Crippen LogP contribution is -2.46. The van der Waals surface area contributed by atoms with Gasteiger partial charge >= 0.3 is 0 Å². The summed E-state index contributed by atoms with van der Waals surface area (Å²) in [7, 11) is 0.